The molecule has 2 aliphatic carbocycles. The molecule has 2 unspecified atom stereocenters. The van der Waals surface area contributed by atoms with Gasteiger partial charge in [-0.3, -0.25) is 19.7 Å². The van der Waals surface area contributed by atoms with Gasteiger partial charge in [-0.1, -0.05) is 26.0 Å². The molecule has 4 atom stereocenters. The Hall–Kier alpha value is -2.90. The first kappa shape index (κ1) is 20.0. The first-order chi connectivity index (χ1) is 14.7. The van der Waals surface area contributed by atoms with Crippen LogP contribution in [0.25, 0.3) is 0 Å². The molecule has 2 aliphatic heterocycles. The molecule has 2 saturated carbocycles. The van der Waals surface area contributed by atoms with Crippen LogP contribution in [0.2, 0.25) is 0 Å². The molecular weight excluding hydrogens is 398 g/mol. The van der Waals surface area contributed by atoms with E-state index >= 15 is 0 Å². The summed E-state index contributed by atoms with van der Waals surface area (Å²) in [5, 5.41) is 5.08. The van der Waals surface area contributed by atoms with E-state index < -0.39 is 18.0 Å². The second-order valence-electron chi connectivity index (χ2n) is 9.78. The maximum atomic E-state index is 12.9. The molecule has 8 heteroatoms. The Morgan fingerprint density at radius 3 is 2.68 bits per heavy atom. The summed E-state index contributed by atoms with van der Waals surface area (Å²) in [4.78, 5) is 50.1. The molecule has 0 spiro atoms. The zero-order valence-electron chi connectivity index (χ0n) is 17.8. The van der Waals surface area contributed by atoms with E-state index in [4.69, 9.17) is 4.74 Å². The number of carbonyl (C=O) groups is 4. The zero-order valence-corrected chi connectivity index (χ0v) is 17.8. The summed E-state index contributed by atoms with van der Waals surface area (Å²) in [5.41, 5.74) is 2.57. The van der Waals surface area contributed by atoms with E-state index in [0.717, 1.165) is 24.0 Å². The number of hydrogen-bond donors (Lipinski definition) is 2. The van der Waals surface area contributed by atoms with Gasteiger partial charge in [0.2, 0.25) is 11.8 Å². The van der Waals surface area contributed by atoms with Gasteiger partial charge in [0.1, 0.15) is 12.1 Å². The third-order valence-corrected chi connectivity index (χ3v) is 7.62. The number of piperidine rings is 1. The highest BCUT2D eigenvalue weighted by atomic mass is 16.6. The van der Waals surface area contributed by atoms with E-state index in [2.05, 4.69) is 24.5 Å². The van der Waals surface area contributed by atoms with E-state index in [0.29, 0.717) is 35.8 Å². The standard InChI is InChI=1S/C23H27N3O5/c1-23(2)16-8-14(9-17(16)23)31-22(30)24-10-12-3-4-13-11-26(21(29)15(13)7-12)18-5-6-19(27)25-20(18)28/h3-4,7,14,16-18H,5-6,8-11H2,1-2H3,(H,24,30)(H,25,27,28)/t14?,16-,17+,18?. The lowest BCUT2D eigenvalue weighted by Gasteiger charge is -2.29. The number of amides is 4. The molecule has 5 rings (SSSR count). The number of nitrogens with zero attached hydrogens (tertiary/aromatic N) is 1. The summed E-state index contributed by atoms with van der Waals surface area (Å²) in [6.45, 7) is 5.16. The minimum absolute atomic E-state index is 0.00768. The number of carbonyl (C=O) groups excluding carboxylic acids is 4. The summed E-state index contributed by atoms with van der Waals surface area (Å²) in [6.07, 6.45) is 2.01. The summed E-state index contributed by atoms with van der Waals surface area (Å²) in [6, 6.07) is 4.86. The SMILES string of the molecule is CC1(C)[C@@H]2CC(OC(=O)NCc3ccc4c(c3)C(=O)N(C3CCC(=O)NC3=O)C4)C[C@@H]21. The number of benzene rings is 1. The van der Waals surface area contributed by atoms with Crippen molar-refractivity contribution in [2.24, 2.45) is 17.3 Å². The van der Waals surface area contributed by atoms with Crippen molar-refractivity contribution >= 4 is 23.8 Å². The summed E-state index contributed by atoms with van der Waals surface area (Å²) in [7, 11) is 0. The fraction of sp³-hybridized carbons (Fsp3) is 0.565. The van der Waals surface area contributed by atoms with Gasteiger partial charge in [-0.15, -0.1) is 0 Å². The molecule has 1 aromatic carbocycles. The van der Waals surface area contributed by atoms with Gasteiger partial charge in [0.25, 0.3) is 5.91 Å². The Morgan fingerprint density at radius 1 is 1.23 bits per heavy atom. The van der Waals surface area contributed by atoms with Gasteiger partial charge < -0.3 is 15.0 Å². The predicted octanol–water partition coefficient (Wildman–Crippen LogP) is 2.11. The number of ether oxygens (including phenoxy) is 1. The van der Waals surface area contributed by atoms with Crippen molar-refractivity contribution in [2.45, 2.75) is 64.8 Å². The minimum Gasteiger partial charge on any atom is -0.446 e. The first-order valence-corrected chi connectivity index (χ1v) is 10.9. The fourth-order valence-electron chi connectivity index (χ4n) is 5.63. The first-order valence-electron chi connectivity index (χ1n) is 10.9. The molecule has 1 saturated heterocycles. The van der Waals surface area contributed by atoms with Crippen LogP contribution in [0.15, 0.2) is 18.2 Å². The van der Waals surface area contributed by atoms with Crippen molar-refractivity contribution < 1.29 is 23.9 Å². The third kappa shape index (κ3) is 3.47. The van der Waals surface area contributed by atoms with E-state index in [9.17, 15) is 19.2 Å². The smallest absolute Gasteiger partial charge is 0.407 e. The highest BCUT2D eigenvalue weighted by molar-refractivity contribution is 6.05. The van der Waals surface area contributed by atoms with Crippen LogP contribution in [-0.2, 0) is 27.4 Å². The largest absolute Gasteiger partial charge is 0.446 e. The Balaban J connectivity index is 1.16. The summed E-state index contributed by atoms with van der Waals surface area (Å²) in [5.74, 6) is 0.390. The number of fused-ring (bicyclic) bond motifs is 2. The van der Waals surface area contributed by atoms with Gasteiger partial charge in [-0.2, -0.15) is 0 Å². The molecule has 2 N–H and O–H groups in total. The van der Waals surface area contributed by atoms with Crippen molar-refractivity contribution in [1.82, 2.24) is 15.5 Å². The average molecular weight is 425 g/mol. The Morgan fingerprint density at radius 2 is 1.97 bits per heavy atom. The lowest BCUT2D eigenvalue weighted by molar-refractivity contribution is -0.136. The number of nitrogens with one attached hydrogen (secondary N) is 2. The van der Waals surface area contributed by atoms with Crippen molar-refractivity contribution in [3.63, 3.8) is 0 Å². The Kier molecular flexibility index (Phi) is 4.57. The lowest BCUT2D eigenvalue weighted by Crippen LogP contribution is -2.52. The number of imide groups is 1. The van der Waals surface area contributed by atoms with E-state index in [1.165, 1.54) is 4.90 Å². The molecule has 31 heavy (non-hydrogen) atoms. The van der Waals surface area contributed by atoms with Crippen LogP contribution in [0.3, 0.4) is 0 Å². The average Bonchev–Trinajstić information content (AvgIpc) is 3.07. The van der Waals surface area contributed by atoms with Crippen molar-refractivity contribution in [2.75, 3.05) is 0 Å². The predicted molar refractivity (Wildman–Crippen MR) is 110 cm³/mol. The molecule has 0 bridgehead atoms. The topological polar surface area (TPSA) is 105 Å². The number of alkyl carbamates (subject to hydrolysis) is 1. The van der Waals surface area contributed by atoms with Gasteiger partial charge in [-0.25, -0.2) is 4.79 Å². The quantitative estimate of drug-likeness (QED) is 0.719. The normalized spacial score (nSPS) is 30.5. The molecule has 0 aromatic heterocycles. The van der Waals surface area contributed by atoms with E-state index in [-0.39, 0.29) is 30.9 Å². The summed E-state index contributed by atoms with van der Waals surface area (Å²) < 4.78 is 5.56. The van der Waals surface area contributed by atoms with Crippen LogP contribution >= 0.6 is 0 Å². The molecule has 4 amide bonds. The fourth-order valence-corrected chi connectivity index (χ4v) is 5.63. The van der Waals surface area contributed by atoms with Gasteiger partial charge in [-0.05, 0) is 53.7 Å². The monoisotopic (exact) mass is 425 g/mol. The van der Waals surface area contributed by atoms with Crippen LogP contribution in [0.1, 0.15) is 61.0 Å². The van der Waals surface area contributed by atoms with Gasteiger partial charge in [0.05, 0.1) is 0 Å². The Bertz CT molecular complexity index is 973. The maximum Gasteiger partial charge on any atom is 0.407 e. The molecule has 164 valence electrons. The van der Waals surface area contributed by atoms with Crippen LogP contribution in [-0.4, -0.2) is 40.9 Å². The highest BCUT2D eigenvalue weighted by Crippen LogP contribution is 2.67. The van der Waals surface area contributed by atoms with Crippen molar-refractivity contribution in [3.8, 4) is 0 Å². The highest BCUT2D eigenvalue weighted by Gasteiger charge is 2.62. The lowest BCUT2D eigenvalue weighted by atomic mass is 9.99. The third-order valence-electron chi connectivity index (χ3n) is 7.62. The van der Waals surface area contributed by atoms with Crippen molar-refractivity contribution in [1.29, 1.82) is 0 Å². The molecule has 3 fully saturated rings. The number of rotatable bonds is 4. The minimum atomic E-state index is -0.628. The van der Waals surface area contributed by atoms with Crippen LogP contribution in [0.5, 0.6) is 0 Å². The molecule has 1 aromatic rings. The van der Waals surface area contributed by atoms with Crippen LogP contribution < -0.4 is 10.6 Å². The maximum absolute atomic E-state index is 12.9. The van der Waals surface area contributed by atoms with Crippen molar-refractivity contribution in [3.05, 3.63) is 34.9 Å². The van der Waals surface area contributed by atoms with Crippen LogP contribution in [0.4, 0.5) is 4.79 Å². The van der Waals surface area contributed by atoms with Gasteiger partial charge in [0.15, 0.2) is 0 Å². The number of hydrogen-bond acceptors (Lipinski definition) is 5. The molecule has 8 nitrogen and oxygen atoms in total. The molecular formula is C23H27N3O5. The second kappa shape index (κ2) is 7.07. The second-order valence-corrected chi connectivity index (χ2v) is 9.78. The van der Waals surface area contributed by atoms with E-state index in [1.54, 1.807) is 6.07 Å². The Labute approximate surface area is 180 Å². The van der Waals surface area contributed by atoms with E-state index in [1.807, 2.05) is 12.1 Å². The molecule has 0 radical (unpaired) electrons. The zero-order chi connectivity index (χ0) is 21.9. The van der Waals surface area contributed by atoms with Crippen LogP contribution in [0, 0.1) is 17.3 Å². The summed E-state index contributed by atoms with van der Waals surface area (Å²) >= 11 is 0. The van der Waals surface area contributed by atoms with Gasteiger partial charge >= 0.3 is 6.09 Å². The van der Waals surface area contributed by atoms with Gasteiger partial charge in [0, 0.05) is 25.1 Å². The molecule has 2 heterocycles. The molecule has 4 aliphatic rings.